The summed E-state index contributed by atoms with van der Waals surface area (Å²) in [6.45, 7) is 1.01. The van der Waals surface area contributed by atoms with Gasteiger partial charge in [0.2, 0.25) is 5.91 Å². The van der Waals surface area contributed by atoms with Gasteiger partial charge in [-0.3, -0.25) is 4.79 Å². The van der Waals surface area contributed by atoms with Gasteiger partial charge in [0, 0.05) is 20.1 Å². The van der Waals surface area contributed by atoms with Crippen molar-refractivity contribution < 1.29 is 18.0 Å². The topological polar surface area (TPSA) is 57.3 Å². The minimum atomic E-state index is -4.45. The van der Waals surface area contributed by atoms with Crippen molar-refractivity contribution in [3.63, 3.8) is 0 Å². The number of nitrogens with zero attached hydrogens (tertiary/aromatic N) is 2. The lowest BCUT2D eigenvalue weighted by Crippen LogP contribution is -2.33. The van der Waals surface area contributed by atoms with E-state index < -0.39 is 11.7 Å². The molecule has 0 spiro atoms. The van der Waals surface area contributed by atoms with Gasteiger partial charge < -0.3 is 15.5 Å². The molecule has 8 heteroatoms. The highest BCUT2D eigenvalue weighted by Crippen LogP contribution is 2.32. The molecule has 2 heterocycles. The van der Waals surface area contributed by atoms with Crippen LogP contribution in [0.15, 0.2) is 12.1 Å². The minimum absolute atomic E-state index is 0.0114. The molecule has 1 amide bonds. The zero-order valence-electron chi connectivity index (χ0n) is 10.9. The number of hydrogen-bond acceptors (Lipinski definition) is 4. The van der Waals surface area contributed by atoms with E-state index in [1.165, 1.54) is 7.05 Å². The number of carbonyl (C=O) groups is 1. The van der Waals surface area contributed by atoms with Crippen molar-refractivity contribution in [2.75, 3.05) is 36.9 Å². The van der Waals surface area contributed by atoms with Gasteiger partial charge in [-0.1, -0.05) is 0 Å². The molecular weight excluding hydrogens is 273 g/mol. The molecule has 1 aromatic heterocycles. The molecule has 1 saturated heterocycles. The van der Waals surface area contributed by atoms with Crippen molar-refractivity contribution in [3.8, 4) is 0 Å². The van der Waals surface area contributed by atoms with Crippen molar-refractivity contribution in [1.82, 2.24) is 10.3 Å². The number of rotatable bonds is 2. The fourth-order valence-electron chi connectivity index (χ4n) is 1.97. The van der Waals surface area contributed by atoms with Crippen molar-refractivity contribution >= 4 is 17.5 Å². The number of nitrogens with one attached hydrogen (secondary N) is 2. The highest BCUT2D eigenvalue weighted by molar-refractivity contribution is 5.81. The third kappa shape index (κ3) is 3.31. The number of anilines is 2. The highest BCUT2D eigenvalue weighted by atomic mass is 19.4. The van der Waals surface area contributed by atoms with E-state index in [2.05, 4.69) is 15.6 Å². The van der Waals surface area contributed by atoms with Crippen LogP contribution in [0.3, 0.4) is 0 Å². The summed E-state index contributed by atoms with van der Waals surface area (Å²) in [7, 11) is 1.50. The molecule has 0 atom stereocenters. The number of pyridine rings is 1. The van der Waals surface area contributed by atoms with E-state index >= 15 is 0 Å². The van der Waals surface area contributed by atoms with E-state index in [-0.39, 0.29) is 24.1 Å². The molecule has 0 bridgehead atoms. The normalized spacial score (nSPS) is 16.6. The number of halogens is 3. The second kappa shape index (κ2) is 5.56. The molecule has 5 nitrogen and oxygen atoms in total. The van der Waals surface area contributed by atoms with Crippen molar-refractivity contribution in [1.29, 1.82) is 0 Å². The maximum absolute atomic E-state index is 12.9. The van der Waals surface area contributed by atoms with Gasteiger partial charge in [0.1, 0.15) is 11.6 Å². The summed E-state index contributed by atoms with van der Waals surface area (Å²) < 4.78 is 38.6. The van der Waals surface area contributed by atoms with Crippen LogP contribution < -0.4 is 15.5 Å². The van der Waals surface area contributed by atoms with Gasteiger partial charge in [-0.15, -0.1) is 0 Å². The van der Waals surface area contributed by atoms with E-state index in [1.54, 1.807) is 4.90 Å². The number of hydrogen-bond donors (Lipinski definition) is 2. The first-order chi connectivity index (χ1) is 9.40. The first-order valence-electron chi connectivity index (χ1n) is 6.19. The summed E-state index contributed by atoms with van der Waals surface area (Å²) in [5.74, 6) is 0.0634. The van der Waals surface area contributed by atoms with Crippen LogP contribution in [0.1, 0.15) is 12.0 Å². The van der Waals surface area contributed by atoms with Crippen LogP contribution in [0.4, 0.5) is 24.8 Å². The molecule has 0 saturated carbocycles. The Kier molecular flexibility index (Phi) is 4.01. The van der Waals surface area contributed by atoms with Crippen LogP contribution in [0.2, 0.25) is 0 Å². The van der Waals surface area contributed by atoms with Gasteiger partial charge in [0.15, 0.2) is 0 Å². The Morgan fingerprint density at radius 2 is 2.15 bits per heavy atom. The van der Waals surface area contributed by atoms with E-state index in [9.17, 15) is 18.0 Å². The van der Waals surface area contributed by atoms with Crippen LogP contribution in [0, 0.1) is 0 Å². The Morgan fingerprint density at radius 1 is 1.40 bits per heavy atom. The molecule has 1 aromatic rings. The Hall–Kier alpha value is -1.99. The summed E-state index contributed by atoms with van der Waals surface area (Å²) in [5.41, 5.74) is -0.781. The Bertz CT molecular complexity index is 504. The quantitative estimate of drug-likeness (QED) is 0.865. The van der Waals surface area contributed by atoms with Crippen LogP contribution in [0.25, 0.3) is 0 Å². The zero-order chi connectivity index (χ0) is 14.8. The standard InChI is InChI=1S/C12H15F3N4O/c1-16-9-5-8(12(13,14)15)6-10(18-9)19-4-2-3-17-11(20)7-19/h5-6H,2-4,7H2,1H3,(H,16,18)(H,17,20). The average Bonchev–Trinajstić information content (AvgIpc) is 2.62. The molecule has 0 aliphatic carbocycles. The first kappa shape index (κ1) is 14.4. The fourth-order valence-corrected chi connectivity index (χ4v) is 1.97. The maximum Gasteiger partial charge on any atom is 0.416 e. The van der Waals surface area contributed by atoms with Crippen molar-refractivity contribution in [2.24, 2.45) is 0 Å². The molecule has 1 aliphatic heterocycles. The minimum Gasteiger partial charge on any atom is -0.373 e. The van der Waals surface area contributed by atoms with Crippen LogP contribution in [-0.4, -0.2) is 37.6 Å². The van der Waals surface area contributed by atoms with E-state index in [4.69, 9.17) is 0 Å². The summed E-state index contributed by atoms with van der Waals surface area (Å²) in [6.07, 6.45) is -3.78. The lowest BCUT2D eigenvalue weighted by molar-refractivity contribution is -0.137. The Balaban J connectivity index is 2.36. The predicted molar refractivity (Wildman–Crippen MR) is 68.6 cm³/mol. The molecule has 0 aromatic carbocycles. The summed E-state index contributed by atoms with van der Waals surface area (Å²) in [6, 6.07) is 1.92. The number of carbonyl (C=O) groups excluding carboxylic acids is 1. The van der Waals surface area contributed by atoms with Gasteiger partial charge in [-0.05, 0) is 18.6 Å². The Morgan fingerprint density at radius 3 is 2.80 bits per heavy atom. The van der Waals surface area contributed by atoms with Crippen LogP contribution >= 0.6 is 0 Å². The zero-order valence-corrected chi connectivity index (χ0v) is 10.9. The summed E-state index contributed by atoms with van der Waals surface area (Å²) >= 11 is 0. The molecule has 1 aliphatic rings. The monoisotopic (exact) mass is 288 g/mol. The molecule has 2 N–H and O–H groups in total. The molecular formula is C12H15F3N4O. The fraction of sp³-hybridized carbons (Fsp3) is 0.500. The van der Waals surface area contributed by atoms with Gasteiger partial charge in [-0.25, -0.2) is 4.98 Å². The molecule has 1 fully saturated rings. The van der Waals surface area contributed by atoms with Gasteiger partial charge in [0.25, 0.3) is 0 Å². The summed E-state index contributed by atoms with van der Waals surface area (Å²) in [5, 5.41) is 5.28. The van der Waals surface area contributed by atoms with Crippen molar-refractivity contribution in [3.05, 3.63) is 17.7 Å². The largest absolute Gasteiger partial charge is 0.416 e. The molecule has 20 heavy (non-hydrogen) atoms. The molecule has 0 radical (unpaired) electrons. The van der Waals surface area contributed by atoms with Gasteiger partial charge in [0.05, 0.1) is 12.1 Å². The molecule has 110 valence electrons. The number of amides is 1. The van der Waals surface area contributed by atoms with Gasteiger partial charge >= 0.3 is 6.18 Å². The molecule has 2 rings (SSSR count). The highest BCUT2D eigenvalue weighted by Gasteiger charge is 2.32. The second-order valence-corrected chi connectivity index (χ2v) is 4.47. The van der Waals surface area contributed by atoms with Crippen molar-refractivity contribution in [2.45, 2.75) is 12.6 Å². The number of aromatic nitrogens is 1. The Labute approximate surface area is 114 Å². The lowest BCUT2D eigenvalue weighted by Gasteiger charge is -2.22. The average molecular weight is 288 g/mol. The van der Waals surface area contributed by atoms with E-state index in [1.807, 2.05) is 0 Å². The smallest absolute Gasteiger partial charge is 0.373 e. The van der Waals surface area contributed by atoms with Crippen LogP contribution in [0.5, 0.6) is 0 Å². The maximum atomic E-state index is 12.9. The number of alkyl halides is 3. The first-order valence-corrected chi connectivity index (χ1v) is 6.19. The van der Waals surface area contributed by atoms with Gasteiger partial charge in [-0.2, -0.15) is 13.2 Å². The SMILES string of the molecule is CNc1cc(C(F)(F)F)cc(N2CCCNC(=O)C2)n1. The third-order valence-corrected chi connectivity index (χ3v) is 2.98. The van der Waals surface area contributed by atoms with E-state index in [0.29, 0.717) is 19.5 Å². The predicted octanol–water partition coefficient (Wildman–Crippen LogP) is 1.47. The lowest BCUT2D eigenvalue weighted by atomic mass is 10.2. The van der Waals surface area contributed by atoms with Crippen LogP contribution in [-0.2, 0) is 11.0 Å². The molecule has 0 unspecified atom stereocenters. The summed E-state index contributed by atoms with van der Waals surface area (Å²) in [4.78, 5) is 17.1. The van der Waals surface area contributed by atoms with E-state index in [0.717, 1.165) is 12.1 Å². The third-order valence-electron chi connectivity index (χ3n) is 2.98. The second-order valence-electron chi connectivity index (χ2n) is 4.47.